The molecular weight excluding hydrogens is 230 g/mol. The standard InChI is InChI=1S/C14H23NO3/c1-3-15-13(11-12-5-4-8-18-12)14(16-2)6-9-17-10-7-14/h4-5,8,13,15H,3,6-7,9-11H2,1-2H3. The van der Waals surface area contributed by atoms with Crippen LogP contribution in [-0.2, 0) is 15.9 Å². The summed E-state index contributed by atoms with van der Waals surface area (Å²) in [7, 11) is 1.80. The molecule has 1 aromatic rings. The second kappa shape index (κ2) is 6.36. The molecule has 0 aromatic carbocycles. The zero-order valence-corrected chi connectivity index (χ0v) is 11.3. The van der Waals surface area contributed by atoms with E-state index in [1.807, 2.05) is 12.1 Å². The van der Waals surface area contributed by atoms with Crippen molar-refractivity contribution in [3.05, 3.63) is 24.2 Å². The first-order valence-corrected chi connectivity index (χ1v) is 6.69. The van der Waals surface area contributed by atoms with Crippen molar-refractivity contribution in [2.45, 2.75) is 37.8 Å². The minimum absolute atomic E-state index is 0.138. The molecular formula is C14H23NO3. The van der Waals surface area contributed by atoms with E-state index in [0.717, 1.165) is 44.8 Å². The van der Waals surface area contributed by atoms with E-state index in [4.69, 9.17) is 13.9 Å². The van der Waals surface area contributed by atoms with Crippen LogP contribution in [-0.4, -0.2) is 38.5 Å². The Morgan fingerprint density at radius 3 is 2.78 bits per heavy atom. The van der Waals surface area contributed by atoms with Crippen LogP contribution < -0.4 is 5.32 Å². The highest BCUT2D eigenvalue weighted by molar-refractivity contribution is 5.05. The van der Waals surface area contributed by atoms with Crippen LogP contribution >= 0.6 is 0 Å². The Labute approximate surface area is 109 Å². The predicted molar refractivity (Wildman–Crippen MR) is 69.7 cm³/mol. The normalized spacial score (nSPS) is 20.8. The Hall–Kier alpha value is -0.840. The van der Waals surface area contributed by atoms with Gasteiger partial charge in [0.15, 0.2) is 0 Å². The van der Waals surface area contributed by atoms with Crippen molar-refractivity contribution in [3.63, 3.8) is 0 Å². The van der Waals surface area contributed by atoms with Crippen LogP contribution in [0, 0.1) is 0 Å². The van der Waals surface area contributed by atoms with Gasteiger partial charge >= 0.3 is 0 Å². The average molecular weight is 253 g/mol. The van der Waals surface area contributed by atoms with E-state index in [-0.39, 0.29) is 11.6 Å². The van der Waals surface area contributed by atoms with E-state index in [0.29, 0.717) is 0 Å². The molecule has 0 bridgehead atoms. The first-order valence-electron chi connectivity index (χ1n) is 6.69. The summed E-state index contributed by atoms with van der Waals surface area (Å²) in [6.07, 6.45) is 4.44. The van der Waals surface area contributed by atoms with E-state index >= 15 is 0 Å². The lowest BCUT2D eigenvalue weighted by atomic mass is 9.83. The van der Waals surface area contributed by atoms with Gasteiger partial charge in [0.2, 0.25) is 0 Å². The summed E-state index contributed by atoms with van der Waals surface area (Å²) in [5.74, 6) is 1.00. The summed E-state index contributed by atoms with van der Waals surface area (Å²) in [5, 5.41) is 3.54. The zero-order valence-electron chi connectivity index (χ0n) is 11.3. The van der Waals surface area contributed by atoms with Crippen LogP contribution in [0.4, 0.5) is 0 Å². The monoisotopic (exact) mass is 253 g/mol. The van der Waals surface area contributed by atoms with Gasteiger partial charge < -0.3 is 19.2 Å². The largest absolute Gasteiger partial charge is 0.469 e. The Kier molecular flexibility index (Phi) is 4.80. The summed E-state index contributed by atoms with van der Waals surface area (Å²) in [6, 6.07) is 4.22. The van der Waals surface area contributed by atoms with Crippen molar-refractivity contribution in [2.75, 3.05) is 26.9 Å². The van der Waals surface area contributed by atoms with Gasteiger partial charge in [-0.05, 0) is 18.7 Å². The molecule has 1 fully saturated rings. The van der Waals surface area contributed by atoms with Crippen molar-refractivity contribution >= 4 is 0 Å². The summed E-state index contributed by atoms with van der Waals surface area (Å²) >= 11 is 0. The van der Waals surface area contributed by atoms with Crippen molar-refractivity contribution in [2.24, 2.45) is 0 Å². The number of hydrogen-bond acceptors (Lipinski definition) is 4. The topological polar surface area (TPSA) is 43.6 Å². The maximum atomic E-state index is 5.86. The zero-order chi connectivity index (χ0) is 12.8. The number of likely N-dealkylation sites (N-methyl/N-ethyl adjacent to an activating group) is 1. The fraction of sp³-hybridized carbons (Fsp3) is 0.714. The Bertz CT molecular complexity index is 331. The van der Waals surface area contributed by atoms with Gasteiger partial charge in [-0.2, -0.15) is 0 Å². The third-order valence-electron chi connectivity index (χ3n) is 3.82. The minimum atomic E-state index is -0.138. The lowest BCUT2D eigenvalue weighted by Gasteiger charge is -2.42. The third-order valence-corrected chi connectivity index (χ3v) is 3.82. The van der Waals surface area contributed by atoms with Gasteiger partial charge in [-0.3, -0.25) is 0 Å². The van der Waals surface area contributed by atoms with Crippen LogP contribution in [0.2, 0.25) is 0 Å². The molecule has 18 heavy (non-hydrogen) atoms. The van der Waals surface area contributed by atoms with E-state index in [1.165, 1.54) is 0 Å². The highest BCUT2D eigenvalue weighted by Crippen LogP contribution is 2.30. The van der Waals surface area contributed by atoms with Gasteiger partial charge in [-0.15, -0.1) is 0 Å². The molecule has 0 spiro atoms. The summed E-state index contributed by atoms with van der Waals surface area (Å²) < 4.78 is 16.8. The molecule has 102 valence electrons. The highest BCUT2D eigenvalue weighted by Gasteiger charge is 2.40. The predicted octanol–water partition coefficient (Wildman–Crippen LogP) is 2.00. The molecule has 1 N–H and O–H groups in total. The van der Waals surface area contributed by atoms with Crippen LogP contribution in [0.3, 0.4) is 0 Å². The van der Waals surface area contributed by atoms with E-state index in [9.17, 15) is 0 Å². The molecule has 1 saturated heterocycles. The first-order chi connectivity index (χ1) is 8.80. The minimum Gasteiger partial charge on any atom is -0.469 e. The molecule has 4 heteroatoms. The molecule has 0 radical (unpaired) electrons. The van der Waals surface area contributed by atoms with E-state index < -0.39 is 0 Å². The van der Waals surface area contributed by atoms with Crippen molar-refractivity contribution < 1.29 is 13.9 Å². The molecule has 1 aromatic heterocycles. The van der Waals surface area contributed by atoms with Crippen LogP contribution in [0.1, 0.15) is 25.5 Å². The van der Waals surface area contributed by atoms with Gasteiger partial charge in [-0.25, -0.2) is 0 Å². The smallest absolute Gasteiger partial charge is 0.105 e. The molecule has 4 nitrogen and oxygen atoms in total. The summed E-state index contributed by atoms with van der Waals surface area (Å²) in [4.78, 5) is 0. The van der Waals surface area contributed by atoms with Gasteiger partial charge in [0, 0.05) is 45.6 Å². The lowest BCUT2D eigenvalue weighted by Crippen LogP contribution is -2.56. The maximum absolute atomic E-state index is 5.86. The molecule has 2 heterocycles. The van der Waals surface area contributed by atoms with Gasteiger partial charge in [0.1, 0.15) is 5.76 Å². The molecule has 0 saturated carbocycles. The fourth-order valence-corrected chi connectivity index (χ4v) is 2.73. The fourth-order valence-electron chi connectivity index (χ4n) is 2.73. The quantitative estimate of drug-likeness (QED) is 0.842. The van der Waals surface area contributed by atoms with Gasteiger partial charge in [-0.1, -0.05) is 6.92 Å². The highest BCUT2D eigenvalue weighted by atomic mass is 16.5. The number of ether oxygens (including phenoxy) is 2. The Morgan fingerprint density at radius 2 is 2.22 bits per heavy atom. The summed E-state index contributed by atoms with van der Waals surface area (Å²) in [5.41, 5.74) is -0.138. The summed E-state index contributed by atoms with van der Waals surface area (Å²) in [6.45, 7) is 4.59. The van der Waals surface area contributed by atoms with E-state index in [1.54, 1.807) is 13.4 Å². The number of rotatable bonds is 6. The third kappa shape index (κ3) is 2.94. The number of nitrogens with one attached hydrogen (secondary N) is 1. The SMILES string of the molecule is CCNC(Cc1ccco1)C1(OC)CCOCC1. The van der Waals surface area contributed by atoms with Crippen molar-refractivity contribution in [1.82, 2.24) is 5.32 Å². The molecule has 1 aliphatic rings. The van der Waals surface area contributed by atoms with E-state index in [2.05, 4.69) is 12.2 Å². The van der Waals surface area contributed by atoms with Crippen molar-refractivity contribution in [3.8, 4) is 0 Å². The second-order valence-corrected chi connectivity index (χ2v) is 4.78. The molecule has 2 rings (SSSR count). The van der Waals surface area contributed by atoms with Gasteiger partial charge in [0.05, 0.1) is 11.9 Å². The van der Waals surface area contributed by atoms with Crippen LogP contribution in [0.25, 0.3) is 0 Å². The molecule has 1 atom stereocenters. The maximum Gasteiger partial charge on any atom is 0.105 e. The molecule has 1 aliphatic heterocycles. The molecule has 0 amide bonds. The van der Waals surface area contributed by atoms with Crippen molar-refractivity contribution in [1.29, 1.82) is 0 Å². The second-order valence-electron chi connectivity index (χ2n) is 4.78. The van der Waals surface area contributed by atoms with Gasteiger partial charge in [0.25, 0.3) is 0 Å². The Morgan fingerprint density at radius 1 is 1.44 bits per heavy atom. The molecule has 1 unspecified atom stereocenters. The molecule has 0 aliphatic carbocycles. The lowest BCUT2D eigenvalue weighted by molar-refractivity contribution is -0.110. The number of methoxy groups -OCH3 is 1. The Balaban J connectivity index is 2.10. The first kappa shape index (κ1) is 13.6. The number of hydrogen-bond donors (Lipinski definition) is 1. The number of furan rings is 1. The average Bonchev–Trinajstić information content (AvgIpc) is 2.92. The van der Waals surface area contributed by atoms with Crippen LogP contribution in [0.15, 0.2) is 22.8 Å². The van der Waals surface area contributed by atoms with Crippen LogP contribution in [0.5, 0.6) is 0 Å².